The number of halogens is 2. The third-order valence-electron chi connectivity index (χ3n) is 4.77. The van der Waals surface area contributed by atoms with E-state index < -0.39 is 11.5 Å². The number of hydrogen-bond donors (Lipinski definition) is 2. The van der Waals surface area contributed by atoms with Crippen molar-refractivity contribution in [2.45, 2.75) is 25.8 Å². The molecule has 0 spiro atoms. The minimum atomic E-state index is -0.960. The number of benzene rings is 2. The van der Waals surface area contributed by atoms with Crippen LogP contribution >= 0.6 is 23.2 Å². The fourth-order valence-corrected chi connectivity index (χ4v) is 3.92. The first-order valence-electron chi connectivity index (χ1n) is 8.11. The molecule has 3 rings (SSSR count). The zero-order chi connectivity index (χ0) is 19.1. The Morgan fingerprint density at radius 3 is 2.35 bits per heavy atom. The van der Waals surface area contributed by atoms with Crippen molar-refractivity contribution in [2.24, 2.45) is 0 Å². The molecule has 0 saturated carbocycles. The summed E-state index contributed by atoms with van der Waals surface area (Å²) in [4.78, 5) is 26.1. The number of carbonyl (C=O) groups excluding carboxylic acids is 1. The maximum Gasteiger partial charge on any atom is 0.335 e. The Morgan fingerprint density at radius 2 is 1.73 bits per heavy atom. The van der Waals surface area contributed by atoms with Crippen molar-refractivity contribution in [3.63, 3.8) is 0 Å². The first-order chi connectivity index (χ1) is 12.2. The SMILES string of the molecule is CC1(C)c2cccc(C(=O)O)c2CCN1C(=O)Nc1c(Cl)cccc1Cl. The molecule has 1 heterocycles. The van der Waals surface area contributed by atoms with Crippen molar-refractivity contribution in [3.8, 4) is 0 Å². The summed E-state index contributed by atoms with van der Waals surface area (Å²) in [7, 11) is 0. The molecule has 0 saturated heterocycles. The summed E-state index contributed by atoms with van der Waals surface area (Å²) in [6.07, 6.45) is 0.463. The lowest BCUT2D eigenvalue weighted by atomic mass is 9.81. The van der Waals surface area contributed by atoms with Gasteiger partial charge in [0.2, 0.25) is 0 Å². The number of para-hydroxylation sites is 1. The topological polar surface area (TPSA) is 69.6 Å². The monoisotopic (exact) mass is 392 g/mol. The summed E-state index contributed by atoms with van der Waals surface area (Å²) < 4.78 is 0. The van der Waals surface area contributed by atoms with Gasteiger partial charge in [-0.05, 0) is 49.6 Å². The van der Waals surface area contributed by atoms with Crippen LogP contribution in [0.4, 0.5) is 10.5 Å². The predicted octanol–water partition coefficient (Wildman–Crippen LogP) is 5.02. The molecule has 26 heavy (non-hydrogen) atoms. The molecule has 0 unspecified atom stereocenters. The molecule has 2 aromatic rings. The number of rotatable bonds is 2. The van der Waals surface area contributed by atoms with Crippen molar-refractivity contribution in [1.82, 2.24) is 4.90 Å². The van der Waals surface area contributed by atoms with E-state index in [1.165, 1.54) is 0 Å². The number of nitrogens with zero attached hydrogens (tertiary/aromatic N) is 1. The van der Waals surface area contributed by atoms with E-state index in [1.807, 2.05) is 19.9 Å². The Hall–Kier alpha value is -2.24. The van der Waals surface area contributed by atoms with E-state index in [2.05, 4.69) is 5.32 Å². The average molecular weight is 393 g/mol. The number of hydrogen-bond acceptors (Lipinski definition) is 2. The van der Waals surface area contributed by atoms with Crippen LogP contribution in [-0.4, -0.2) is 28.6 Å². The molecule has 0 aliphatic carbocycles. The van der Waals surface area contributed by atoms with Crippen LogP contribution in [0.25, 0.3) is 0 Å². The predicted molar refractivity (Wildman–Crippen MR) is 102 cm³/mol. The van der Waals surface area contributed by atoms with Gasteiger partial charge >= 0.3 is 12.0 Å². The van der Waals surface area contributed by atoms with Crippen molar-refractivity contribution in [1.29, 1.82) is 0 Å². The van der Waals surface area contributed by atoms with Gasteiger partial charge in [-0.25, -0.2) is 9.59 Å². The number of amides is 2. The van der Waals surface area contributed by atoms with E-state index in [4.69, 9.17) is 23.2 Å². The number of anilines is 1. The minimum absolute atomic E-state index is 0.282. The normalized spacial score (nSPS) is 15.3. The third kappa shape index (κ3) is 3.13. The second-order valence-electron chi connectivity index (χ2n) is 6.62. The number of carboxylic acid groups (broad SMARTS) is 1. The van der Waals surface area contributed by atoms with Crippen LogP contribution < -0.4 is 5.32 Å². The van der Waals surface area contributed by atoms with E-state index in [0.29, 0.717) is 28.7 Å². The molecule has 1 aliphatic rings. The number of carboxylic acids is 1. The molecule has 2 N–H and O–H groups in total. The van der Waals surface area contributed by atoms with Gasteiger partial charge in [0.25, 0.3) is 0 Å². The Morgan fingerprint density at radius 1 is 1.12 bits per heavy atom. The molecule has 5 nitrogen and oxygen atoms in total. The van der Waals surface area contributed by atoms with E-state index in [-0.39, 0.29) is 11.6 Å². The lowest BCUT2D eigenvalue weighted by Crippen LogP contribution is -2.51. The summed E-state index contributed by atoms with van der Waals surface area (Å²) in [6.45, 7) is 4.17. The van der Waals surface area contributed by atoms with Crippen molar-refractivity contribution in [2.75, 3.05) is 11.9 Å². The van der Waals surface area contributed by atoms with Crippen LogP contribution in [0.5, 0.6) is 0 Å². The highest BCUT2D eigenvalue weighted by atomic mass is 35.5. The summed E-state index contributed by atoms with van der Waals surface area (Å²) in [6, 6.07) is 9.83. The van der Waals surface area contributed by atoms with Crippen LogP contribution in [0.2, 0.25) is 10.0 Å². The molecule has 0 atom stereocenters. The smallest absolute Gasteiger partial charge is 0.335 e. The first-order valence-corrected chi connectivity index (χ1v) is 8.87. The van der Waals surface area contributed by atoms with Crippen LogP contribution in [0.15, 0.2) is 36.4 Å². The summed E-state index contributed by atoms with van der Waals surface area (Å²) in [5.41, 5.74) is 1.55. The van der Waals surface area contributed by atoms with Crippen LogP contribution in [0.3, 0.4) is 0 Å². The lowest BCUT2D eigenvalue weighted by Gasteiger charge is -2.44. The van der Waals surface area contributed by atoms with Crippen LogP contribution in [-0.2, 0) is 12.0 Å². The van der Waals surface area contributed by atoms with Crippen molar-refractivity contribution in [3.05, 3.63) is 63.1 Å². The highest BCUT2D eigenvalue weighted by Gasteiger charge is 2.39. The largest absolute Gasteiger partial charge is 0.478 e. The number of aromatic carboxylic acids is 1. The Kier molecular flexibility index (Phi) is 4.86. The molecule has 2 aromatic carbocycles. The molecule has 0 bridgehead atoms. The van der Waals surface area contributed by atoms with Gasteiger partial charge in [0.15, 0.2) is 0 Å². The summed E-state index contributed by atoms with van der Waals surface area (Å²) in [5.74, 6) is -0.960. The summed E-state index contributed by atoms with van der Waals surface area (Å²) in [5, 5.41) is 12.9. The molecular weight excluding hydrogens is 375 g/mol. The third-order valence-corrected chi connectivity index (χ3v) is 5.40. The Bertz CT molecular complexity index is 876. The van der Waals surface area contributed by atoms with E-state index >= 15 is 0 Å². The zero-order valence-corrected chi connectivity index (χ0v) is 15.9. The fraction of sp³-hybridized carbons (Fsp3) is 0.263. The minimum Gasteiger partial charge on any atom is -0.478 e. The van der Waals surface area contributed by atoms with Crippen molar-refractivity contribution >= 4 is 40.9 Å². The number of urea groups is 1. The van der Waals surface area contributed by atoms with E-state index in [1.54, 1.807) is 35.2 Å². The highest BCUT2D eigenvalue weighted by molar-refractivity contribution is 6.39. The second-order valence-corrected chi connectivity index (χ2v) is 7.44. The van der Waals surface area contributed by atoms with Crippen LogP contribution in [0.1, 0.15) is 35.3 Å². The molecule has 136 valence electrons. The summed E-state index contributed by atoms with van der Waals surface area (Å²) >= 11 is 12.3. The van der Waals surface area contributed by atoms with Gasteiger partial charge in [0, 0.05) is 6.54 Å². The van der Waals surface area contributed by atoms with Gasteiger partial charge in [-0.3, -0.25) is 0 Å². The number of fused-ring (bicyclic) bond motifs is 1. The molecule has 0 fully saturated rings. The van der Waals surface area contributed by atoms with Gasteiger partial charge in [0.05, 0.1) is 26.8 Å². The van der Waals surface area contributed by atoms with E-state index in [0.717, 1.165) is 11.1 Å². The second kappa shape index (κ2) is 6.82. The van der Waals surface area contributed by atoms with Gasteiger partial charge < -0.3 is 15.3 Å². The molecular formula is C19H18Cl2N2O3. The van der Waals surface area contributed by atoms with Gasteiger partial charge in [0.1, 0.15) is 0 Å². The first kappa shape index (κ1) is 18.5. The van der Waals surface area contributed by atoms with Crippen molar-refractivity contribution < 1.29 is 14.7 Å². The number of carbonyl (C=O) groups is 2. The number of nitrogens with one attached hydrogen (secondary N) is 1. The fourth-order valence-electron chi connectivity index (χ4n) is 3.43. The highest BCUT2D eigenvalue weighted by Crippen LogP contribution is 2.38. The van der Waals surface area contributed by atoms with Crippen LogP contribution in [0, 0.1) is 0 Å². The average Bonchev–Trinajstić information content (AvgIpc) is 2.57. The van der Waals surface area contributed by atoms with E-state index in [9.17, 15) is 14.7 Å². The molecule has 2 amide bonds. The quantitative estimate of drug-likeness (QED) is 0.753. The van der Waals surface area contributed by atoms with Gasteiger partial charge in [-0.15, -0.1) is 0 Å². The molecule has 7 heteroatoms. The van der Waals surface area contributed by atoms with Gasteiger partial charge in [-0.2, -0.15) is 0 Å². The molecule has 0 radical (unpaired) electrons. The maximum atomic E-state index is 12.9. The molecule has 1 aliphatic heterocycles. The Labute approximate surface area is 161 Å². The standard InChI is InChI=1S/C19H18Cl2N2O3/c1-19(2)13-6-3-5-12(17(24)25)11(13)9-10-23(19)18(26)22-16-14(20)7-4-8-15(16)21/h3-8H,9-10H2,1-2H3,(H,22,26)(H,24,25). The lowest BCUT2D eigenvalue weighted by molar-refractivity contribution is 0.0693. The maximum absolute atomic E-state index is 12.9. The molecule has 0 aromatic heterocycles. The zero-order valence-electron chi connectivity index (χ0n) is 14.3. The Balaban J connectivity index is 1.94. The van der Waals surface area contributed by atoms with Gasteiger partial charge in [-0.1, -0.05) is 41.4 Å².